The van der Waals surface area contributed by atoms with Crippen LogP contribution in [-0.4, -0.2) is 52.3 Å². The lowest BCUT2D eigenvalue weighted by Crippen LogP contribution is -2.67. The predicted molar refractivity (Wildman–Crippen MR) is 203 cm³/mol. The number of allylic oxidation sites excluding steroid dienone is 4. The highest BCUT2D eigenvalue weighted by molar-refractivity contribution is 6.10. The maximum atomic E-state index is 14.9. The van der Waals surface area contributed by atoms with Crippen LogP contribution in [0.4, 0.5) is 23.7 Å². The number of nitrogens with zero attached hydrogens (tertiary/aromatic N) is 1. The lowest BCUT2D eigenvalue weighted by atomic mass is 9.32. The first-order valence-electron chi connectivity index (χ1n) is 19.4. The van der Waals surface area contributed by atoms with Gasteiger partial charge in [-0.15, -0.1) is 0 Å². The van der Waals surface area contributed by atoms with Gasteiger partial charge in [0.15, 0.2) is 5.78 Å². The number of anilines is 1. The first kappa shape index (κ1) is 37.5. The molecule has 2 amide bonds. The normalized spacial score (nSPS) is 34.5. The SMILES string of the molecule is COc1ccc(NC(=O)N(Cc2ccccc2)CC2(O)CCC3C45C=CC6(C=C4C(=O)c4cccc(C(F)(F)F)c4)CC(O)CCC6(C)C5CCC32C)cc1. The molecule has 0 aromatic heterocycles. The fraction of sp³-hybridized carbons (Fsp3) is 0.467. The van der Waals surface area contributed by atoms with Gasteiger partial charge >= 0.3 is 12.2 Å². The Morgan fingerprint density at radius 2 is 1.58 bits per heavy atom. The zero-order chi connectivity index (χ0) is 39.0. The van der Waals surface area contributed by atoms with E-state index >= 15 is 0 Å². The molecule has 6 aliphatic rings. The molecule has 9 rings (SSSR count). The van der Waals surface area contributed by atoms with Crippen molar-refractivity contribution in [3.05, 3.63) is 119 Å². The molecule has 8 atom stereocenters. The summed E-state index contributed by atoms with van der Waals surface area (Å²) >= 11 is 0. The number of ketones is 1. The van der Waals surface area contributed by atoms with E-state index in [1.807, 2.05) is 36.4 Å². The number of carbonyl (C=O) groups is 2. The average Bonchev–Trinajstić information content (AvgIpc) is 3.44. The fourth-order valence-electron chi connectivity index (χ4n) is 11.8. The van der Waals surface area contributed by atoms with Gasteiger partial charge in [-0.3, -0.25) is 4.79 Å². The van der Waals surface area contributed by atoms with Crippen LogP contribution < -0.4 is 10.1 Å². The lowest BCUT2D eigenvalue weighted by molar-refractivity contribution is -0.174. The Morgan fingerprint density at radius 1 is 0.891 bits per heavy atom. The van der Waals surface area contributed by atoms with Crippen molar-refractivity contribution >= 4 is 17.5 Å². The van der Waals surface area contributed by atoms with Gasteiger partial charge in [-0.1, -0.05) is 74.5 Å². The van der Waals surface area contributed by atoms with Crippen LogP contribution >= 0.6 is 0 Å². The van der Waals surface area contributed by atoms with Gasteiger partial charge in [0.25, 0.3) is 0 Å². The van der Waals surface area contributed by atoms with Gasteiger partial charge in [0.2, 0.25) is 0 Å². The highest BCUT2D eigenvalue weighted by atomic mass is 19.4. The molecule has 290 valence electrons. The van der Waals surface area contributed by atoms with E-state index in [1.165, 1.54) is 12.1 Å². The molecule has 6 aliphatic carbocycles. The number of carbonyl (C=O) groups excluding carboxylic acids is 2. The van der Waals surface area contributed by atoms with E-state index in [0.717, 1.165) is 24.1 Å². The van der Waals surface area contributed by atoms with Gasteiger partial charge in [0.05, 0.1) is 30.9 Å². The number of benzene rings is 3. The highest BCUT2D eigenvalue weighted by Gasteiger charge is 2.74. The number of methoxy groups -OCH3 is 1. The summed E-state index contributed by atoms with van der Waals surface area (Å²) in [6.45, 7) is 4.64. The summed E-state index contributed by atoms with van der Waals surface area (Å²) in [4.78, 5) is 30.7. The number of alkyl halides is 3. The summed E-state index contributed by atoms with van der Waals surface area (Å²) in [5.41, 5.74) is -2.85. The molecule has 7 nitrogen and oxygen atoms in total. The number of hydrogen-bond donors (Lipinski definition) is 3. The molecule has 3 aromatic rings. The van der Waals surface area contributed by atoms with Crippen LogP contribution in [0.1, 0.15) is 80.3 Å². The number of hydrogen-bond acceptors (Lipinski definition) is 5. The summed E-state index contributed by atoms with van der Waals surface area (Å²) in [6.07, 6.45) is 5.22. The van der Waals surface area contributed by atoms with E-state index in [-0.39, 0.29) is 41.9 Å². The van der Waals surface area contributed by atoms with Crippen LogP contribution in [0.15, 0.2) is 103 Å². The second kappa shape index (κ2) is 13.1. The van der Waals surface area contributed by atoms with Crippen LogP contribution in [0.25, 0.3) is 0 Å². The Morgan fingerprint density at radius 3 is 2.29 bits per heavy atom. The zero-order valence-corrected chi connectivity index (χ0v) is 31.5. The van der Waals surface area contributed by atoms with E-state index in [9.17, 15) is 33.0 Å². The first-order chi connectivity index (χ1) is 26.1. The molecule has 2 spiro atoms. The third-order valence-corrected chi connectivity index (χ3v) is 14.7. The molecule has 2 bridgehead atoms. The number of fused-ring (bicyclic) bond motifs is 1. The summed E-state index contributed by atoms with van der Waals surface area (Å²) in [5.74, 6) is -0.0628. The molecule has 0 radical (unpaired) electrons. The Balaban J connectivity index is 1.19. The Bertz CT molecular complexity index is 2050. The quantitative estimate of drug-likeness (QED) is 0.157. The number of aliphatic hydroxyl groups is 2. The average molecular weight is 755 g/mol. The van der Waals surface area contributed by atoms with Gasteiger partial charge in [-0.05, 0) is 104 Å². The van der Waals surface area contributed by atoms with Gasteiger partial charge in [-0.2, -0.15) is 13.2 Å². The number of aliphatic hydroxyl groups excluding tert-OH is 1. The van der Waals surface area contributed by atoms with Crippen LogP contribution in [0.2, 0.25) is 0 Å². The Hall–Kier alpha value is -4.41. The van der Waals surface area contributed by atoms with Crippen molar-refractivity contribution in [2.24, 2.45) is 33.5 Å². The number of halogens is 3. The molecule has 55 heavy (non-hydrogen) atoms. The molecule has 8 unspecified atom stereocenters. The van der Waals surface area contributed by atoms with Crippen molar-refractivity contribution in [2.75, 3.05) is 19.0 Å². The van der Waals surface area contributed by atoms with E-state index < -0.39 is 45.5 Å². The standard InChI is InChI=1S/C45H49F3N2O5/c1-40-19-16-33(51)25-42(40)22-23-44(35(26-42)38(52)30-10-7-11-31(24-30)45(46,47)48)36(40)17-20-41(2)37(44)18-21-43(41,54)28-50(27-29-8-5-4-6-9-29)39(53)49-32-12-14-34(55-3)15-13-32/h4-15,22-24,26,33,36-37,51,54H,16-21,25,27-28H2,1-3H3,(H,49,53). The maximum Gasteiger partial charge on any atom is 0.416 e. The summed E-state index contributed by atoms with van der Waals surface area (Å²) in [6, 6.07) is 21.0. The first-order valence-corrected chi connectivity index (χ1v) is 19.4. The second-order valence-corrected chi connectivity index (χ2v) is 17.2. The molecule has 3 N–H and O–H groups in total. The smallest absolute Gasteiger partial charge is 0.416 e. The Kier molecular flexibility index (Phi) is 8.92. The van der Waals surface area contributed by atoms with E-state index in [4.69, 9.17) is 4.74 Å². The monoisotopic (exact) mass is 754 g/mol. The van der Waals surface area contributed by atoms with Gasteiger partial charge in [0.1, 0.15) is 5.75 Å². The van der Waals surface area contributed by atoms with E-state index in [1.54, 1.807) is 36.3 Å². The molecule has 0 aliphatic heterocycles. The molecule has 10 heteroatoms. The molecular formula is C45H49F3N2O5. The lowest BCUT2D eigenvalue weighted by Gasteiger charge is -2.71. The number of rotatable bonds is 8. The van der Waals surface area contributed by atoms with Crippen molar-refractivity contribution < 1.29 is 37.7 Å². The van der Waals surface area contributed by atoms with Gasteiger partial charge in [-0.25, -0.2) is 4.79 Å². The Labute approximate surface area is 320 Å². The molecule has 0 saturated heterocycles. The van der Waals surface area contributed by atoms with Crippen molar-refractivity contribution in [3.63, 3.8) is 0 Å². The van der Waals surface area contributed by atoms with E-state index in [2.05, 4.69) is 31.3 Å². The summed E-state index contributed by atoms with van der Waals surface area (Å²) < 4.78 is 47.1. The van der Waals surface area contributed by atoms with Crippen molar-refractivity contribution in [1.29, 1.82) is 0 Å². The van der Waals surface area contributed by atoms with Crippen molar-refractivity contribution in [1.82, 2.24) is 4.90 Å². The van der Waals surface area contributed by atoms with Crippen molar-refractivity contribution in [2.45, 2.75) is 83.2 Å². The minimum atomic E-state index is -4.61. The number of urea groups is 1. The number of amides is 2. The molecule has 0 heterocycles. The van der Waals surface area contributed by atoms with Crippen LogP contribution in [0.5, 0.6) is 5.75 Å². The maximum absolute atomic E-state index is 14.9. The molecule has 3 fully saturated rings. The van der Waals surface area contributed by atoms with E-state index in [0.29, 0.717) is 55.5 Å². The third-order valence-electron chi connectivity index (χ3n) is 14.7. The van der Waals surface area contributed by atoms with Crippen LogP contribution in [0, 0.1) is 33.5 Å². The minimum absolute atomic E-state index is 0.0191. The second-order valence-electron chi connectivity index (χ2n) is 17.2. The highest BCUT2D eigenvalue weighted by Crippen LogP contribution is 2.78. The van der Waals surface area contributed by atoms with Crippen LogP contribution in [0.3, 0.4) is 0 Å². The summed E-state index contributed by atoms with van der Waals surface area (Å²) in [7, 11) is 1.57. The topological polar surface area (TPSA) is 99.1 Å². The van der Waals surface area contributed by atoms with Crippen molar-refractivity contribution in [3.8, 4) is 5.75 Å². The van der Waals surface area contributed by atoms with Gasteiger partial charge in [0, 0.05) is 39.6 Å². The van der Waals surface area contributed by atoms with Crippen LogP contribution in [-0.2, 0) is 12.7 Å². The van der Waals surface area contributed by atoms with Gasteiger partial charge < -0.3 is 25.2 Å². The largest absolute Gasteiger partial charge is 0.497 e. The summed E-state index contributed by atoms with van der Waals surface area (Å²) in [5, 5.41) is 27.1. The number of ether oxygens (including phenoxy) is 1. The number of nitrogens with one attached hydrogen (secondary N) is 1. The number of Topliss-reactive ketones (excluding diaryl/α,β-unsaturated/α-hetero) is 1. The zero-order valence-electron chi connectivity index (χ0n) is 31.5. The fourth-order valence-corrected chi connectivity index (χ4v) is 11.8. The third kappa shape index (κ3) is 5.76. The molecule has 3 saturated carbocycles. The minimum Gasteiger partial charge on any atom is -0.497 e. The predicted octanol–water partition coefficient (Wildman–Crippen LogP) is 9.22. The molecule has 3 aromatic carbocycles. The molecular weight excluding hydrogens is 705 g/mol.